The van der Waals surface area contributed by atoms with Crippen LogP contribution in [0.15, 0.2) is 0 Å². The summed E-state index contributed by atoms with van der Waals surface area (Å²) in [6.45, 7) is 6.85. The summed E-state index contributed by atoms with van der Waals surface area (Å²) >= 11 is 0. The number of fused-ring (bicyclic) bond motifs is 1. The van der Waals surface area contributed by atoms with Gasteiger partial charge in [0, 0.05) is 0 Å². The zero-order valence-corrected chi connectivity index (χ0v) is 11.2. The average Bonchev–Trinajstić information content (AvgIpc) is 2.72. The van der Waals surface area contributed by atoms with Crippen molar-refractivity contribution in [3.8, 4) is 0 Å². The average molecular weight is 236 g/mol. The lowest BCUT2D eigenvalue weighted by molar-refractivity contribution is -0.157. The topological polar surface area (TPSA) is 37.3 Å². The van der Waals surface area contributed by atoms with Crippen LogP contribution in [0.25, 0.3) is 0 Å². The van der Waals surface area contributed by atoms with Crippen molar-refractivity contribution in [1.29, 1.82) is 0 Å². The molecule has 1 N–H and O–H groups in total. The Kier molecular flexibility index (Phi) is 2.22. The molecule has 0 aromatic carbocycles. The van der Waals surface area contributed by atoms with E-state index in [0.29, 0.717) is 17.3 Å². The third-order valence-corrected chi connectivity index (χ3v) is 6.62. The highest BCUT2D eigenvalue weighted by Crippen LogP contribution is 2.70. The van der Waals surface area contributed by atoms with Gasteiger partial charge in [-0.15, -0.1) is 0 Å². The highest BCUT2D eigenvalue weighted by atomic mass is 16.4. The van der Waals surface area contributed by atoms with Gasteiger partial charge in [0.05, 0.1) is 5.92 Å². The summed E-state index contributed by atoms with van der Waals surface area (Å²) in [4.78, 5) is 11.6. The maximum Gasteiger partial charge on any atom is 0.307 e. The molecule has 2 heteroatoms. The molecule has 3 rings (SSSR count). The van der Waals surface area contributed by atoms with E-state index < -0.39 is 5.97 Å². The van der Waals surface area contributed by atoms with Crippen LogP contribution in [0.5, 0.6) is 0 Å². The molecule has 3 aliphatic rings. The lowest BCUT2D eigenvalue weighted by atomic mass is 9.52. The van der Waals surface area contributed by atoms with Crippen molar-refractivity contribution in [2.75, 3.05) is 0 Å². The van der Waals surface area contributed by atoms with Gasteiger partial charge >= 0.3 is 5.97 Å². The fourth-order valence-corrected chi connectivity index (χ4v) is 5.99. The van der Waals surface area contributed by atoms with Crippen LogP contribution in [0.4, 0.5) is 0 Å². The van der Waals surface area contributed by atoms with Gasteiger partial charge in [0.1, 0.15) is 0 Å². The van der Waals surface area contributed by atoms with E-state index in [-0.39, 0.29) is 11.3 Å². The Bertz CT molecular complexity index is 360. The summed E-state index contributed by atoms with van der Waals surface area (Å²) in [5.41, 5.74) is 0.496. The summed E-state index contributed by atoms with van der Waals surface area (Å²) in [6, 6.07) is 0. The molecule has 2 bridgehead atoms. The first-order chi connectivity index (χ1) is 7.89. The van der Waals surface area contributed by atoms with Gasteiger partial charge in [0.2, 0.25) is 0 Å². The minimum Gasteiger partial charge on any atom is -0.481 e. The maximum absolute atomic E-state index is 11.6. The summed E-state index contributed by atoms with van der Waals surface area (Å²) in [5, 5.41) is 9.58. The first-order valence-electron chi connectivity index (χ1n) is 7.12. The van der Waals surface area contributed by atoms with Crippen LogP contribution in [-0.4, -0.2) is 11.1 Å². The van der Waals surface area contributed by atoms with Gasteiger partial charge in [-0.05, 0) is 60.7 Å². The fourth-order valence-electron chi connectivity index (χ4n) is 5.99. The number of hydrogen-bond donors (Lipinski definition) is 1. The molecular formula is C15H24O2. The van der Waals surface area contributed by atoms with Gasteiger partial charge in [-0.1, -0.05) is 20.8 Å². The monoisotopic (exact) mass is 236 g/mol. The molecule has 96 valence electrons. The molecule has 17 heavy (non-hydrogen) atoms. The van der Waals surface area contributed by atoms with Crippen molar-refractivity contribution in [2.45, 2.75) is 52.9 Å². The Morgan fingerprint density at radius 1 is 1.24 bits per heavy atom. The molecule has 5 atom stereocenters. The Morgan fingerprint density at radius 2 is 1.94 bits per heavy atom. The molecule has 1 spiro atoms. The number of carbonyl (C=O) groups is 1. The van der Waals surface area contributed by atoms with Crippen molar-refractivity contribution in [3.05, 3.63) is 0 Å². The molecule has 0 radical (unpaired) electrons. The molecule has 3 aliphatic carbocycles. The van der Waals surface area contributed by atoms with Crippen LogP contribution in [0.1, 0.15) is 52.9 Å². The predicted octanol–water partition coefficient (Wildman–Crippen LogP) is 3.56. The molecule has 3 fully saturated rings. The van der Waals surface area contributed by atoms with E-state index in [9.17, 15) is 9.90 Å². The van der Waals surface area contributed by atoms with Gasteiger partial charge in [-0.3, -0.25) is 4.79 Å². The van der Waals surface area contributed by atoms with E-state index in [1.54, 1.807) is 0 Å². The highest BCUT2D eigenvalue weighted by Gasteiger charge is 2.65. The predicted molar refractivity (Wildman–Crippen MR) is 66.6 cm³/mol. The summed E-state index contributed by atoms with van der Waals surface area (Å²) in [6.07, 6.45) is 6.20. The Labute approximate surface area is 104 Å². The summed E-state index contributed by atoms with van der Waals surface area (Å²) < 4.78 is 0. The van der Waals surface area contributed by atoms with Crippen LogP contribution < -0.4 is 0 Å². The molecule has 0 amide bonds. The highest BCUT2D eigenvalue weighted by molar-refractivity contribution is 5.72. The van der Waals surface area contributed by atoms with Crippen LogP contribution in [0, 0.1) is 34.5 Å². The minimum atomic E-state index is -0.546. The van der Waals surface area contributed by atoms with E-state index in [0.717, 1.165) is 12.3 Å². The number of carboxylic acids is 1. The zero-order valence-electron chi connectivity index (χ0n) is 11.2. The van der Waals surface area contributed by atoms with Gasteiger partial charge in [-0.25, -0.2) is 0 Å². The van der Waals surface area contributed by atoms with Crippen molar-refractivity contribution in [2.24, 2.45) is 34.5 Å². The molecule has 0 unspecified atom stereocenters. The molecule has 0 aliphatic heterocycles. The van der Waals surface area contributed by atoms with E-state index in [1.165, 1.54) is 25.7 Å². The Morgan fingerprint density at radius 3 is 2.59 bits per heavy atom. The van der Waals surface area contributed by atoms with Crippen LogP contribution >= 0.6 is 0 Å². The van der Waals surface area contributed by atoms with Crippen LogP contribution in [0.3, 0.4) is 0 Å². The van der Waals surface area contributed by atoms with Crippen molar-refractivity contribution in [1.82, 2.24) is 0 Å². The van der Waals surface area contributed by atoms with Crippen LogP contribution in [-0.2, 0) is 4.79 Å². The largest absolute Gasteiger partial charge is 0.481 e. The fraction of sp³-hybridized carbons (Fsp3) is 0.933. The van der Waals surface area contributed by atoms with Crippen molar-refractivity contribution >= 4 is 5.97 Å². The summed E-state index contributed by atoms with van der Waals surface area (Å²) in [7, 11) is 0. The second-order valence-electron chi connectivity index (χ2n) is 7.40. The molecule has 0 heterocycles. The van der Waals surface area contributed by atoms with Gasteiger partial charge < -0.3 is 5.11 Å². The zero-order chi connectivity index (χ0) is 12.4. The third kappa shape index (κ3) is 1.25. The number of carboxylic acid groups (broad SMARTS) is 1. The molecule has 0 saturated heterocycles. The maximum atomic E-state index is 11.6. The van der Waals surface area contributed by atoms with E-state index in [1.807, 2.05) is 0 Å². The second-order valence-corrected chi connectivity index (χ2v) is 7.40. The summed E-state index contributed by atoms with van der Waals surface area (Å²) in [5.74, 6) is 1.25. The number of rotatable bonds is 1. The van der Waals surface area contributed by atoms with Crippen LogP contribution in [0.2, 0.25) is 0 Å². The van der Waals surface area contributed by atoms with Gasteiger partial charge in [0.15, 0.2) is 0 Å². The quantitative estimate of drug-likeness (QED) is 0.756. The van der Waals surface area contributed by atoms with Crippen molar-refractivity contribution in [3.63, 3.8) is 0 Å². The minimum absolute atomic E-state index is 0.00396. The smallest absolute Gasteiger partial charge is 0.307 e. The van der Waals surface area contributed by atoms with E-state index in [4.69, 9.17) is 0 Å². The lowest BCUT2D eigenvalue weighted by Gasteiger charge is -2.52. The molecule has 0 aromatic heterocycles. The molecule has 2 nitrogen and oxygen atoms in total. The van der Waals surface area contributed by atoms with Crippen molar-refractivity contribution < 1.29 is 9.90 Å². The first-order valence-corrected chi connectivity index (χ1v) is 7.12. The van der Waals surface area contributed by atoms with E-state index >= 15 is 0 Å². The standard InChI is InChI=1S/C15H24O2/c1-9-4-5-11-14(2,3)12(13(16)17)10-6-7-15(9,11)8-10/h9-12H,4-8H2,1-3H3,(H,16,17)/t9-,10-,11-,12+,15+/m1/s1. The molecular weight excluding hydrogens is 212 g/mol. The van der Waals surface area contributed by atoms with Gasteiger partial charge in [-0.2, -0.15) is 0 Å². The Balaban J connectivity index is 2.06. The Hall–Kier alpha value is -0.530. The number of hydrogen-bond acceptors (Lipinski definition) is 1. The van der Waals surface area contributed by atoms with Gasteiger partial charge in [0.25, 0.3) is 0 Å². The third-order valence-electron chi connectivity index (χ3n) is 6.62. The SMILES string of the molecule is C[C@@H]1CC[C@@H]2C(C)(C)[C@H](C(=O)O)[C@@H]3CC[C@]12C3. The molecule has 3 saturated carbocycles. The number of aliphatic carboxylic acids is 1. The van der Waals surface area contributed by atoms with E-state index in [2.05, 4.69) is 20.8 Å². The molecule has 0 aromatic rings. The second kappa shape index (κ2) is 3.27. The first kappa shape index (κ1) is 11.6. The normalized spacial score (nSPS) is 51.2. The lowest BCUT2D eigenvalue weighted by Crippen LogP contribution is -2.50.